The Morgan fingerprint density at radius 3 is 1.94 bits per heavy atom. The van der Waals surface area contributed by atoms with Gasteiger partial charge in [-0.05, 0) is 36.8 Å². The van der Waals surface area contributed by atoms with Crippen molar-refractivity contribution >= 4 is 31.0 Å². The summed E-state index contributed by atoms with van der Waals surface area (Å²) >= 11 is 0. The van der Waals surface area contributed by atoms with Crippen molar-refractivity contribution in [3.05, 3.63) is 35.4 Å². The molecular weight excluding hydrogens is 445 g/mol. The number of hydrogen-bond donors (Lipinski definition) is 3. The lowest BCUT2D eigenvalue weighted by molar-refractivity contribution is -0.131. The van der Waals surface area contributed by atoms with Gasteiger partial charge >= 0.3 is 0 Å². The molecule has 9 nitrogen and oxygen atoms in total. The van der Waals surface area contributed by atoms with Gasteiger partial charge in [0.15, 0.2) is 0 Å². The van der Waals surface area contributed by atoms with Gasteiger partial charge in [0.25, 0.3) is 11.8 Å². The number of likely N-dealkylation sites (N-methyl/N-ethyl adjacent to an activating group) is 1. The van der Waals surface area contributed by atoms with Crippen molar-refractivity contribution in [3.63, 3.8) is 0 Å². The highest BCUT2D eigenvalue weighted by Gasteiger charge is 2.41. The zero-order valence-corrected chi connectivity index (χ0v) is 20.7. The van der Waals surface area contributed by atoms with E-state index in [9.17, 15) is 28.6 Å². The lowest BCUT2D eigenvalue weighted by atomic mass is 9.96. The molecule has 4 amide bonds. The van der Waals surface area contributed by atoms with Crippen LogP contribution in [0.1, 0.15) is 61.3 Å². The van der Waals surface area contributed by atoms with Crippen LogP contribution in [-0.2, 0) is 14.2 Å². The summed E-state index contributed by atoms with van der Waals surface area (Å²) in [6.45, 7) is 7.63. The van der Waals surface area contributed by atoms with Crippen molar-refractivity contribution in [2.75, 3.05) is 19.5 Å². The van der Waals surface area contributed by atoms with Crippen LogP contribution >= 0.6 is 7.37 Å². The Labute approximate surface area is 194 Å². The Morgan fingerprint density at radius 1 is 0.970 bits per heavy atom. The van der Waals surface area contributed by atoms with Crippen molar-refractivity contribution in [2.45, 2.75) is 46.6 Å². The summed E-state index contributed by atoms with van der Waals surface area (Å²) in [4.78, 5) is 61.9. The smallest absolute Gasteiger partial charge is 0.262 e. The van der Waals surface area contributed by atoms with Crippen LogP contribution in [0.3, 0.4) is 0 Å². The van der Waals surface area contributed by atoms with Crippen LogP contribution in [0.15, 0.2) is 24.3 Å². The van der Waals surface area contributed by atoms with Gasteiger partial charge in [-0.15, -0.1) is 0 Å². The molecule has 0 bridgehead atoms. The highest BCUT2D eigenvalue weighted by atomic mass is 31.2. The van der Waals surface area contributed by atoms with Gasteiger partial charge < -0.3 is 15.5 Å². The van der Waals surface area contributed by atoms with Gasteiger partial charge in [0.1, 0.15) is 12.3 Å². The number of fused-ring (bicyclic) bond motifs is 1. The third kappa shape index (κ3) is 6.98. The van der Waals surface area contributed by atoms with E-state index in [1.165, 1.54) is 19.2 Å². The molecule has 0 saturated carbocycles. The van der Waals surface area contributed by atoms with Crippen molar-refractivity contribution < 1.29 is 28.6 Å². The van der Waals surface area contributed by atoms with Crippen LogP contribution in [0.5, 0.6) is 0 Å². The quantitative estimate of drug-likeness (QED) is 0.330. The Bertz CT molecular complexity index is 926. The Balaban J connectivity index is 2.17. The van der Waals surface area contributed by atoms with Crippen molar-refractivity contribution in [2.24, 2.45) is 17.8 Å². The van der Waals surface area contributed by atoms with E-state index in [1.54, 1.807) is 12.1 Å². The molecule has 0 saturated heterocycles. The largest absolute Gasteiger partial charge is 0.357 e. The fourth-order valence-corrected chi connectivity index (χ4v) is 5.81. The monoisotopic (exact) mass is 479 g/mol. The normalized spacial score (nSPS) is 17.0. The summed E-state index contributed by atoms with van der Waals surface area (Å²) in [7, 11) is -2.61. The number of nitrogens with zero attached hydrogens (tertiary/aromatic N) is 1. The molecule has 182 valence electrons. The maximum Gasteiger partial charge on any atom is 0.262 e. The van der Waals surface area contributed by atoms with E-state index in [2.05, 4.69) is 10.6 Å². The SMILES string of the molecule is CNC(=O)[C@H](CC(C)C)NC(=O)C(CC(C)C)CP(=O)(O)CN1C(=O)c2ccccc2C1=O. The number of amides is 4. The van der Waals surface area contributed by atoms with E-state index in [-0.39, 0.29) is 28.9 Å². The Morgan fingerprint density at radius 2 is 1.48 bits per heavy atom. The number of imide groups is 1. The number of rotatable bonds is 11. The molecule has 0 spiro atoms. The molecule has 10 heteroatoms. The van der Waals surface area contributed by atoms with Crippen LogP contribution in [0.2, 0.25) is 0 Å². The molecule has 0 aromatic heterocycles. The molecule has 1 aliphatic heterocycles. The number of benzene rings is 1. The predicted octanol–water partition coefficient (Wildman–Crippen LogP) is 2.45. The van der Waals surface area contributed by atoms with E-state index >= 15 is 0 Å². The summed E-state index contributed by atoms with van der Waals surface area (Å²) in [6.07, 6.45) is -0.315. The first kappa shape index (κ1) is 26.7. The highest BCUT2D eigenvalue weighted by Crippen LogP contribution is 2.45. The summed E-state index contributed by atoms with van der Waals surface area (Å²) < 4.78 is 13.1. The third-order valence-electron chi connectivity index (χ3n) is 5.46. The molecule has 33 heavy (non-hydrogen) atoms. The zero-order valence-electron chi connectivity index (χ0n) is 19.8. The molecule has 1 aromatic carbocycles. The minimum absolute atomic E-state index is 0.0450. The van der Waals surface area contributed by atoms with E-state index in [4.69, 9.17) is 0 Å². The maximum atomic E-state index is 13.1. The van der Waals surface area contributed by atoms with Crippen LogP contribution in [0.25, 0.3) is 0 Å². The first-order chi connectivity index (χ1) is 15.4. The third-order valence-corrected chi connectivity index (χ3v) is 7.20. The van der Waals surface area contributed by atoms with E-state index in [0.717, 1.165) is 4.90 Å². The van der Waals surface area contributed by atoms with Gasteiger partial charge in [-0.1, -0.05) is 39.8 Å². The minimum Gasteiger partial charge on any atom is -0.357 e. The first-order valence-corrected chi connectivity index (χ1v) is 13.2. The van der Waals surface area contributed by atoms with Crippen LogP contribution in [0.4, 0.5) is 0 Å². The molecule has 3 N–H and O–H groups in total. The summed E-state index contributed by atoms with van der Waals surface area (Å²) in [5, 5.41) is 5.25. The second kappa shape index (κ2) is 11.1. The molecule has 0 aliphatic carbocycles. The lowest BCUT2D eigenvalue weighted by Gasteiger charge is -2.26. The fourth-order valence-electron chi connectivity index (χ4n) is 3.99. The molecule has 2 unspecified atom stereocenters. The maximum absolute atomic E-state index is 13.1. The second-order valence-corrected chi connectivity index (χ2v) is 11.7. The van der Waals surface area contributed by atoms with E-state index in [0.29, 0.717) is 12.8 Å². The number of carbonyl (C=O) groups is 4. The fraction of sp³-hybridized carbons (Fsp3) is 0.565. The molecular formula is C23H34N3O6P. The van der Waals surface area contributed by atoms with Gasteiger partial charge in [0, 0.05) is 19.1 Å². The van der Waals surface area contributed by atoms with E-state index < -0.39 is 49.5 Å². The van der Waals surface area contributed by atoms with Gasteiger partial charge in [-0.2, -0.15) is 0 Å². The second-order valence-electron chi connectivity index (χ2n) is 9.39. The van der Waals surface area contributed by atoms with Crippen molar-refractivity contribution in [3.8, 4) is 0 Å². The summed E-state index contributed by atoms with van der Waals surface area (Å²) in [5.41, 5.74) is 0.391. The number of nitrogens with one attached hydrogen (secondary N) is 2. The topological polar surface area (TPSA) is 133 Å². The number of carbonyl (C=O) groups excluding carboxylic acids is 4. The average molecular weight is 480 g/mol. The molecule has 1 heterocycles. The molecule has 0 radical (unpaired) electrons. The molecule has 2 rings (SSSR count). The summed E-state index contributed by atoms with van der Waals surface area (Å²) in [5.74, 6) is -2.72. The van der Waals surface area contributed by atoms with Gasteiger partial charge in [0.05, 0.1) is 11.1 Å². The van der Waals surface area contributed by atoms with Gasteiger partial charge in [0.2, 0.25) is 19.2 Å². The molecule has 1 aromatic rings. The van der Waals surface area contributed by atoms with Crippen LogP contribution in [0, 0.1) is 17.8 Å². The number of hydrogen-bond acceptors (Lipinski definition) is 5. The first-order valence-electron chi connectivity index (χ1n) is 11.1. The Hall–Kier alpha value is -2.51. The molecule has 3 atom stereocenters. The highest BCUT2D eigenvalue weighted by molar-refractivity contribution is 7.58. The zero-order chi connectivity index (χ0) is 24.9. The molecule has 1 aliphatic rings. The van der Waals surface area contributed by atoms with Crippen LogP contribution in [-0.4, -0.2) is 59.0 Å². The van der Waals surface area contributed by atoms with Crippen molar-refractivity contribution in [1.82, 2.24) is 15.5 Å². The van der Waals surface area contributed by atoms with E-state index in [1.807, 2.05) is 27.7 Å². The standard InChI is InChI=1S/C23H34N3O6P/c1-14(2)10-16(20(27)25-19(11-15(3)4)21(28)24-5)12-33(31,32)13-26-22(29)17-8-6-7-9-18(17)23(26)30/h6-9,14-16,19H,10-13H2,1-5H3,(H,24,28)(H,25,27)(H,31,32)/t16?,19-/m0/s1. The molecule has 0 fully saturated rings. The lowest BCUT2D eigenvalue weighted by Crippen LogP contribution is -2.49. The average Bonchev–Trinajstić information content (AvgIpc) is 2.96. The van der Waals surface area contributed by atoms with Crippen molar-refractivity contribution in [1.29, 1.82) is 0 Å². The summed E-state index contributed by atoms with van der Waals surface area (Å²) in [6, 6.07) is 5.48. The Kier molecular flexibility index (Phi) is 8.97. The van der Waals surface area contributed by atoms with Gasteiger partial charge in [-0.25, -0.2) is 0 Å². The predicted molar refractivity (Wildman–Crippen MR) is 125 cm³/mol. The van der Waals surface area contributed by atoms with Gasteiger partial charge in [-0.3, -0.25) is 28.6 Å². The van der Waals surface area contributed by atoms with Crippen LogP contribution < -0.4 is 10.6 Å². The minimum atomic E-state index is -4.09.